The first-order valence-corrected chi connectivity index (χ1v) is 10.1. The van der Waals surface area contributed by atoms with Gasteiger partial charge in [0.05, 0.1) is 0 Å². The first kappa shape index (κ1) is 14.6. The molecule has 0 radical (unpaired) electrons. The molecule has 7 atom stereocenters. The van der Waals surface area contributed by atoms with Crippen molar-refractivity contribution >= 4 is 0 Å². The van der Waals surface area contributed by atoms with E-state index in [1.54, 1.807) is 51.4 Å². The molecule has 120 valence electrons. The summed E-state index contributed by atoms with van der Waals surface area (Å²) < 4.78 is 0. The lowest BCUT2D eigenvalue weighted by molar-refractivity contribution is -0.0422. The molecule has 4 aliphatic carbocycles. The Balaban J connectivity index is 1.55. The van der Waals surface area contributed by atoms with Gasteiger partial charge in [-0.15, -0.1) is 0 Å². The summed E-state index contributed by atoms with van der Waals surface area (Å²) in [5.41, 5.74) is 0.666. The summed E-state index contributed by atoms with van der Waals surface area (Å²) in [4.78, 5) is 0. The van der Waals surface area contributed by atoms with E-state index in [1.807, 2.05) is 0 Å². The van der Waals surface area contributed by atoms with E-state index in [0.29, 0.717) is 5.41 Å². The molecule has 0 spiro atoms. The predicted octanol–water partition coefficient (Wildman–Crippen LogP) is 6.30. The Hall–Kier alpha value is 0. The van der Waals surface area contributed by atoms with Crippen LogP contribution in [0.15, 0.2) is 0 Å². The number of hydrogen-bond acceptors (Lipinski definition) is 0. The maximum absolute atomic E-state index is 2.63. The van der Waals surface area contributed by atoms with Crippen molar-refractivity contribution in [3.05, 3.63) is 0 Å². The molecule has 0 amide bonds. The smallest absolute Gasteiger partial charge is 0.0272 e. The summed E-state index contributed by atoms with van der Waals surface area (Å²) >= 11 is 0. The first-order chi connectivity index (χ1) is 10.1. The minimum atomic E-state index is 0.666. The van der Waals surface area contributed by atoms with E-state index in [0.717, 1.165) is 41.4 Å². The van der Waals surface area contributed by atoms with Gasteiger partial charge in [0.25, 0.3) is 0 Å². The topological polar surface area (TPSA) is 0 Å². The maximum Gasteiger partial charge on any atom is -0.0272 e. The lowest BCUT2D eigenvalue weighted by Gasteiger charge is -2.53. The van der Waals surface area contributed by atoms with Gasteiger partial charge in [-0.05, 0) is 91.8 Å². The van der Waals surface area contributed by atoms with Crippen LogP contribution in [0, 0.1) is 46.8 Å². The van der Waals surface area contributed by atoms with E-state index < -0.39 is 0 Å². The highest BCUT2D eigenvalue weighted by Crippen LogP contribution is 2.63. The minimum absolute atomic E-state index is 0.666. The van der Waals surface area contributed by atoms with E-state index in [1.165, 1.54) is 12.8 Å². The summed E-state index contributed by atoms with van der Waals surface area (Å²) in [6, 6.07) is 0. The molecule has 0 aromatic rings. The number of fused-ring (bicyclic) bond motifs is 5. The molecule has 0 nitrogen and oxygen atoms in total. The van der Waals surface area contributed by atoms with Crippen molar-refractivity contribution in [3.63, 3.8) is 0 Å². The molecule has 4 fully saturated rings. The normalized spacial score (nSPS) is 53.1. The number of rotatable bonds is 1. The highest BCUT2D eigenvalue weighted by Gasteiger charge is 2.55. The Morgan fingerprint density at radius 2 is 1.43 bits per heavy atom. The van der Waals surface area contributed by atoms with Gasteiger partial charge in [0.15, 0.2) is 0 Å². The highest BCUT2D eigenvalue weighted by molar-refractivity contribution is 5.04. The van der Waals surface area contributed by atoms with Crippen molar-refractivity contribution in [2.45, 2.75) is 85.0 Å². The zero-order valence-electron chi connectivity index (χ0n) is 14.6. The second-order valence-electron chi connectivity index (χ2n) is 9.66. The Kier molecular flexibility index (Phi) is 3.66. The Bertz CT molecular complexity index is 383. The van der Waals surface area contributed by atoms with E-state index in [9.17, 15) is 0 Å². The molecular formula is C21H36. The number of hydrogen-bond donors (Lipinski definition) is 0. The Labute approximate surface area is 132 Å². The van der Waals surface area contributed by atoms with Gasteiger partial charge in [-0.2, -0.15) is 0 Å². The van der Waals surface area contributed by atoms with Crippen LogP contribution in [0.1, 0.15) is 85.0 Å². The summed E-state index contributed by atoms with van der Waals surface area (Å²) in [7, 11) is 0. The van der Waals surface area contributed by atoms with Gasteiger partial charge in [-0.25, -0.2) is 0 Å². The largest absolute Gasteiger partial charge is 0.0622 e. The van der Waals surface area contributed by atoms with Gasteiger partial charge in [0.2, 0.25) is 0 Å². The van der Waals surface area contributed by atoms with Crippen molar-refractivity contribution in [2.75, 3.05) is 0 Å². The summed E-state index contributed by atoms with van der Waals surface area (Å²) in [5.74, 6) is 7.61. The molecule has 7 unspecified atom stereocenters. The van der Waals surface area contributed by atoms with Crippen molar-refractivity contribution in [3.8, 4) is 0 Å². The van der Waals surface area contributed by atoms with Crippen molar-refractivity contribution in [1.29, 1.82) is 0 Å². The van der Waals surface area contributed by atoms with Gasteiger partial charge < -0.3 is 0 Å². The van der Waals surface area contributed by atoms with Gasteiger partial charge >= 0.3 is 0 Å². The molecule has 4 rings (SSSR count). The van der Waals surface area contributed by atoms with E-state index in [4.69, 9.17) is 0 Å². The zero-order chi connectivity index (χ0) is 14.6. The average molecular weight is 289 g/mol. The lowest BCUT2D eigenvalue weighted by Crippen LogP contribution is -2.46. The summed E-state index contributed by atoms with van der Waals surface area (Å²) in [6.45, 7) is 7.62. The van der Waals surface area contributed by atoms with Crippen LogP contribution in [-0.4, -0.2) is 0 Å². The standard InChI is InChI=1S/C21H36/c1-14(2)21(3)13-12-19-18-9-8-15-6-4-5-7-16(15)17(18)10-11-20(19)21/h14-20H,4-13H2,1-3H3. The SMILES string of the molecule is CC(C)C1(C)CCC2C3CCC4CCCCC4C3CCC21. The van der Waals surface area contributed by atoms with E-state index in [-0.39, 0.29) is 0 Å². The lowest BCUT2D eigenvalue weighted by atomic mass is 9.52. The second-order valence-corrected chi connectivity index (χ2v) is 9.66. The maximum atomic E-state index is 2.63. The van der Waals surface area contributed by atoms with Crippen molar-refractivity contribution in [1.82, 2.24) is 0 Å². The van der Waals surface area contributed by atoms with Crippen LogP contribution < -0.4 is 0 Å². The zero-order valence-corrected chi connectivity index (χ0v) is 14.6. The van der Waals surface area contributed by atoms with Crippen LogP contribution in [0.3, 0.4) is 0 Å². The fourth-order valence-electron chi connectivity index (χ4n) is 7.55. The van der Waals surface area contributed by atoms with Crippen LogP contribution in [0.25, 0.3) is 0 Å². The Morgan fingerprint density at radius 3 is 2.24 bits per heavy atom. The highest BCUT2D eigenvalue weighted by atomic mass is 14.6. The van der Waals surface area contributed by atoms with Crippen LogP contribution in [0.2, 0.25) is 0 Å². The molecule has 0 aliphatic heterocycles. The van der Waals surface area contributed by atoms with Gasteiger partial charge in [-0.3, -0.25) is 0 Å². The molecule has 4 saturated carbocycles. The van der Waals surface area contributed by atoms with Crippen LogP contribution in [-0.2, 0) is 0 Å². The third kappa shape index (κ3) is 2.14. The third-order valence-electron chi connectivity index (χ3n) is 9.00. The Morgan fingerprint density at radius 1 is 0.714 bits per heavy atom. The van der Waals surface area contributed by atoms with Crippen molar-refractivity contribution < 1.29 is 0 Å². The van der Waals surface area contributed by atoms with E-state index >= 15 is 0 Å². The van der Waals surface area contributed by atoms with Gasteiger partial charge in [-0.1, -0.05) is 40.0 Å². The molecule has 0 saturated heterocycles. The van der Waals surface area contributed by atoms with E-state index in [2.05, 4.69) is 20.8 Å². The quantitative estimate of drug-likeness (QED) is 0.531. The summed E-state index contributed by atoms with van der Waals surface area (Å²) in [6.07, 6.45) is 15.7. The van der Waals surface area contributed by atoms with Crippen LogP contribution >= 0.6 is 0 Å². The monoisotopic (exact) mass is 288 g/mol. The molecule has 0 aromatic carbocycles. The molecule has 0 aromatic heterocycles. The molecule has 0 heteroatoms. The molecule has 21 heavy (non-hydrogen) atoms. The molecule has 4 aliphatic rings. The van der Waals surface area contributed by atoms with Gasteiger partial charge in [0.1, 0.15) is 0 Å². The van der Waals surface area contributed by atoms with Crippen LogP contribution in [0.5, 0.6) is 0 Å². The first-order valence-electron chi connectivity index (χ1n) is 10.1. The molecule has 0 N–H and O–H groups in total. The fourth-order valence-corrected chi connectivity index (χ4v) is 7.55. The average Bonchev–Trinajstić information content (AvgIpc) is 2.86. The molecule has 0 heterocycles. The summed E-state index contributed by atoms with van der Waals surface area (Å²) in [5, 5.41) is 0. The third-order valence-corrected chi connectivity index (χ3v) is 9.00. The second kappa shape index (κ2) is 5.27. The van der Waals surface area contributed by atoms with Gasteiger partial charge in [0, 0.05) is 0 Å². The molecule has 0 bridgehead atoms. The minimum Gasteiger partial charge on any atom is -0.0622 e. The van der Waals surface area contributed by atoms with Crippen LogP contribution in [0.4, 0.5) is 0 Å². The van der Waals surface area contributed by atoms with Crippen molar-refractivity contribution in [2.24, 2.45) is 46.8 Å². The fraction of sp³-hybridized carbons (Fsp3) is 1.00. The molecular weight excluding hydrogens is 252 g/mol. The predicted molar refractivity (Wildman–Crippen MR) is 90.1 cm³/mol.